The van der Waals surface area contributed by atoms with E-state index < -0.39 is 5.41 Å². The number of nitrogens with one attached hydrogen (secondary N) is 1. The van der Waals surface area contributed by atoms with Gasteiger partial charge in [0.25, 0.3) is 0 Å². The maximum atomic E-state index is 11.7. The second kappa shape index (κ2) is 4.37. The summed E-state index contributed by atoms with van der Waals surface area (Å²) >= 11 is 1.81. The van der Waals surface area contributed by atoms with Crippen LogP contribution in [0.15, 0.2) is 34.9 Å². The molecule has 0 saturated carbocycles. The van der Waals surface area contributed by atoms with E-state index in [0.29, 0.717) is 0 Å². The Morgan fingerprint density at radius 3 is 3.00 bits per heavy atom. The van der Waals surface area contributed by atoms with E-state index in [9.17, 15) is 4.79 Å². The van der Waals surface area contributed by atoms with E-state index >= 15 is 0 Å². The number of ether oxygens (including phenoxy) is 1. The minimum Gasteiger partial charge on any atom is -0.468 e. The van der Waals surface area contributed by atoms with E-state index in [1.807, 2.05) is 43.0 Å². The highest BCUT2D eigenvalue weighted by Crippen LogP contribution is 2.32. The molecule has 1 N–H and O–H groups in total. The Hall–Kier alpha value is -1.16. The fraction of sp³-hybridized carbons (Fsp3) is 0.417. The molecule has 1 aliphatic carbocycles. The minimum atomic E-state index is -0.658. The highest BCUT2D eigenvalue weighted by molar-refractivity contribution is 8.03. The minimum absolute atomic E-state index is 0.232. The molecular formula is C12H15NO2S. The maximum Gasteiger partial charge on any atom is 0.319 e. The fourth-order valence-electron chi connectivity index (χ4n) is 1.71. The molecule has 0 bridgehead atoms. The van der Waals surface area contributed by atoms with Gasteiger partial charge in [-0.3, -0.25) is 4.79 Å². The van der Waals surface area contributed by atoms with Crippen molar-refractivity contribution in [2.24, 2.45) is 5.41 Å². The van der Waals surface area contributed by atoms with Gasteiger partial charge in [-0.2, -0.15) is 0 Å². The summed E-state index contributed by atoms with van der Waals surface area (Å²) in [7, 11) is 1.42. The standard InChI is InChI=1S/C12H15NO2S/c1-12(11(14)15-2)5-3-9-10(4-6-12)16-8-7-13-9/h3-6,13H,7-8H2,1-2H3. The van der Waals surface area contributed by atoms with Crippen molar-refractivity contribution >= 4 is 17.7 Å². The lowest BCUT2D eigenvalue weighted by molar-refractivity contribution is -0.146. The quantitative estimate of drug-likeness (QED) is 0.706. The average molecular weight is 237 g/mol. The van der Waals surface area contributed by atoms with Crippen molar-refractivity contribution in [1.29, 1.82) is 0 Å². The number of hydrogen-bond donors (Lipinski definition) is 1. The first-order valence-electron chi connectivity index (χ1n) is 5.23. The Labute approximate surface area is 99.6 Å². The molecule has 0 aromatic rings. The Morgan fingerprint density at radius 2 is 2.25 bits per heavy atom. The molecular weight excluding hydrogens is 222 g/mol. The summed E-state index contributed by atoms with van der Waals surface area (Å²) in [6.45, 7) is 2.82. The zero-order valence-electron chi connectivity index (χ0n) is 9.45. The molecule has 0 fully saturated rings. The molecule has 3 nitrogen and oxygen atoms in total. The van der Waals surface area contributed by atoms with Crippen LogP contribution in [0.4, 0.5) is 0 Å². The highest BCUT2D eigenvalue weighted by atomic mass is 32.2. The van der Waals surface area contributed by atoms with Crippen LogP contribution < -0.4 is 5.32 Å². The third-order valence-corrected chi connectivity index (χ3v) is 3.82. The van der Waals surface area contributed by atoms with Crippen molar-refractivity contribution < 1.29 is 9.53 Å². The number of thioether (sulfide) groups is 1. The molecule has 1 atom stereocenters. The lowest BCUT2D eigenvalue weighted by Gasteiger charge is -2.17. The fourth-order valence-corrected chi connectivity index (χ4v) is 2.59. The summed E-state index contributed by atoms with van der Waals surface area (Å²) in [5.41, 5.74) is 0.439. The monoisotopic (exact) mass is 237 g/mol. The molecule has 2 rings (SSSR count). The van der Waals surface area contributed by atoms with Crippen LogP contribution in [-0.4, -0.2) is 25.4 Å². The van der Waals surface area contributed by atoms with Crippen molar-refractivity contribution in [3.05, 3.63) is 34.9 Å². The summed E-state index contributed by atoms with van der Waals surface area (Å²) in [5.74, 6) is 0.830. The maximum absolute atomic E-state index is 11.7. The molecule has 1 aliphatic heterocycles. The van der Waals surface area contributed by atoms with Gasteiger partial charge in [0, 0.05) is 22.9 Å². The van der Waals surface area contributed by atoms with Crippen LogP contribution in [0.2, 0.25) is 0 Å². The SMILES string of the molecule is COC(=O)C1(C)C=CC2=C(C=C1)SCCN2. The Morgan fingerprint density at radius 1 is 1.50 bits per heavy atom. The summed E-state index contributed by atoms with van der Waals surface area (Å²) in [4.78, 5) is 12.9. The molecule has 0 saturated heterocycles. The lowest BCUT2D eigenvalue weighted by Crippen LogP contribution is -2.24. The average Bonchev–Trinajstić information content (AvgIpc) is 2.50. The summed E-state index contributed by atoms with van der Waals surface area (Å²) < 4.78 is 4.81. The second-order valence-corrected chi connectivity index (χ2v) is 5.13. The van der Waals surface area contributed by atoms with E-state index in [1.165, 1.54) is 12.0 Å². The molecule has 0 amide bonds. The predicted octanol–water partition coefficient (Wildman–Crippen LogP) is 1.84. The first kappa shape index (κ1) is 11.3. The smallest absolute Gasteiger partial charge is 0.319 e. The van der Waals surface area contributed by atoms with Gasteiger partial charge in [-0.25, -0.2) is 0 Å². The summed E-state index contributed by atoms with van der Waals surface area (Å²) in [5, 5.41) is 3.32. The first-order valence-corrected chi connectivity index (χ1v) is 6.22. The number of carbonyl (C=O) groups is 1. The van der Waals surface area contributed by atoms with E-state index in [4.69, 9.17) is 4.74 Å². The molecule has 0 aromatic heterocycles. The molecule has 0 spiro atoms. The third kappa shape index (κ3) is 2.02. The van der Waals surface area contributed by atoms with Crippen LogP contribution in [0.3, 0.4) is 0 Å². The molecule has 1 unspecified atom stereocenters. The Kier molecular flexibility index (Phi) is 3.10. The molecule has 1 heterocycles. The van der Waals surface area contributed by atoms with E-state index in [2.05, 4.69) is 5.32 Å². The number of esters is 1. The second-order valence-electron chi connectivity index (χ2n) is 3.99. The van der Waals surface area contributed by atoms with E-state index in [-0.39, 0.29) is 5.97 Å². The number of methoxy groups -OCH3 is 1. The van der Waals surface area contributed by atoms with Crippen molar-refractivity contribution in [1.82, 2.24) is 5.32 Å². The lowest BCUT2D eigenvalue weighted by atomic mass is 9.90. The zero-order chi connectivity index (χ0) is 11.6. The van der Waals surface area contributed by atoms with Crippen LogP contribution in [0.5, 0.6) is 0 Å². The molecule has 4 heteroatoms. The summed E-state index contributed by atoms with van der Waals surface area (Å²) in [6, 6.07) is 0. The first-order chi connectivity index (χ1) is 7.65. The third-order valence-electron chi connectivity index (χ3n) is 2.74. The van der Waals surface area contributed by atoms with Crippen LogP contribution >= 0.6 is 11.8 Å². The van der Waals surface area contributed by atoms with Gasteiger partial charge < -0.3 is 10.1 Å². The van der Waals surface area contributed by atoms with Crippen molar-refractivity contribution in [2.45, 2.75) is 6.92 Å². The topological polar surface area (TPSA) is 38.3 Å². The van der Waals surface area contributed by atoms with Gasteiger partial charge in [-0.1, -0.05) is 12.2 Å². The van der Waals surface area contributed by atoms with Gasteiger partial charge in [-0.05, 0) is 19.1 Å². The molecule has 86 valence electrons. The van der Waals surface area contributed by atoms with Gasteiger partial charge in [0.1, 0.15) is 5.41 Å². The molecule has 16 heavy (non-hydrogen) atoms. The number of carbonyl (C=O) groups excluding carboxylic acids is 1. The van der Waals surface area contributed by atoms with Crippen LogP contribution in [0, 0.1) is 5.41 Å². The van der Waals surface area contributed by atoms with Crippen LogP contribution in [0.1, 0.15) is 6.92 Å². The van der Waals surface area contributed by atoms with Crippen LogP contribution in [-0.2, 0) is 9.53 Å². The summed E-state index contributed by atoms with van der Waals surface area (Å²) in [6.07, 6.45) is 7.76. The van der Waals surface area contributed by atoms with Gasteiger partial charge in [-0.15, -0.1) is 11.8 Å². The number of hydrogen-bond acceptors (Lipinski definition) is 4. The van der Waals surface area contributed by atoms with Gasteiger partial charge in [0.05, 0.1) is 7.11 Å². The van der Waals surface area contributed by atoms with Crippen molar-refractivity contribution in [3.63, 3.8) is 0 Å². The highest BCUT2D eigenvalue weighted by Gasteiger charge is 2.30. The van der Waals surface area contributed by atoms with Gasteiger partial charge in [0.15, 0.2) is 0 Å². The van der Waals surface area contributed by atoms with Crippen molar-refractivity contribution in [3.8, 4) is 0 Å². The number of allylic oxidation sites excluding steroid dienone is 2. The van der Waals surface area contributed by atoms with E-state index in [1.54, 1.807) is 0 Å². The van der Waals surface area contributed by atoms with Gasteiger partial charge in [0.2, 0.25) is 0 Å². The normalized spacial score (nSPS) is 28.1. The molecule has 0 aromatic carbocycles. The zero-order valence-corrected chi connectivity index (χ0v) is 10.3. The van der Waals surface area contributed by atoms with Gasteiger partial charge >= 0.3 is 5.97 Å². The largest absolute Gasteiger partial charge is 0.468 e. The van der Waals surface area contributed by atoms with Crippen LogP contribution in [0.25, 0.3) is 0 Å². The molecule has 2 aliphatic rings. The number of rotatable bonds is 1. The Balaban J connectivity index is 2.30. The predicted molar refractivity (Wildman–Crippen MR) is 65.9 cm³/mol. The van der Waals surface area contributed by atoms with Crippen molar-refractivity contribution in [2.75, 3.05) is 19.4 Å². The Bertz CT molecular complexity index is 370. The van der Waals surface area contributed by atoms with E-state index in [0.717, 1.165) is 18.0 Å². The molecule has 0 radical (unpaired) electrons.